The number of aromatic amines is 1. The Kier molecular flexibility index (Phi) is 5.95. The molecule has 2 aromatic rings. The van der Waals surface area contributed by atoms with Crippen molar-refractivity contribution < 1.29 is 14.6 Å². The molecule has 0 saturated carbocycles. The summed E-state index contributed by atoms with van der Waals surface area (Å²) in [5.74, 6) is 0.289. The number of hydrogen-bond acceptors (Lipinski definition) is 5. The van der Waals surface area contributed by atoms with Crippen molar-refractivity contribution in [1.82, 2.24) is 15.6 Å². The fourth-order valence-electron chi connectivity index (χ4n) is 2.30. The van der Waals surface area contributed by atoms with E-state index in [1.165, 1.54) is 12.3 Å². The SMILES string of the molecule is CCOc1cc(C=NNC(=O)CCc2c(C)n[nH]c2C)ccc1O. The van der Waals surface area contributed by atoms with E-state index in [9.17, 15) is 9.90 Å². The van der Waals surface area contributed by atoms with Crippen LogP contribution in [-0.2, 0) is 11.2 Å². The van der Waals surface area contributed by atoms with E-state index in [0.29, 0.717) is 25.2 Å². The summed E-state index contributed by atoms with van der Waals surface area (Å²) in [7, 11) is 0. The molecule has 0 radical (unpaired) electrons. The highest BCUT2D eigenvalue weighted by Crippen LogP contribution is 2.26. The molecule has 1 aromatic carbocycles. The van der Waals surface area contributed by atoms with Gasteiger partial charge in [-0.1, -0.05) is 0 Å². The first-order valence-electron chi connectivity index (χ1n) is 7.79. The lowest BCUT2D eigenvalue weighted by molar-refractivity contribution is -0.121. The second-order valence-electron chi connectivity index (χ2n) is 5.37. The molecule has 1 aromatic heterocycles. The highest BCUT2D eigenvalue weighted by atomic mass is 16.5. The monoisotopic (exact) mass is 330 g/mol. The van der Waals surface area contributed by atoms with Gasteiger partial charge in [-0.05, 0) is 56.5 Å². The van der Waals surface area contributed by atoms with E-state index in [-0.39, 0.29) is 11.7 Å². The van der Waals surface area contributed by atoms with Crippen molar-refractivity contribution in [3.05, 3.63) is 40.7 Å². The number of ether oxygens (including phenoxy) is 1. The summed E-state index contributed by atoms with van der Waals surface area (Å²) in [6, 6.07) is 4.87. The summed E-state index contributed by atoms with van der Waals surface area (Å²) in [6.07, 6.45) is 2.45. The number of benzene rings is 1. The third kappa shape index (κ3) is 4.58. The number of hydrogen-bond donors (Lipinski definition) is 3. The van der Waals surface area contributed by atoms with Crippen LogP contribution < -0.4 is 10.2 Å². The van der Waals surface area contributed by atoms with Gasteiger partial charge < -0.3 is 9.84 Å². The molecule has 0 unspecified atom stereocenters. The number of nitrogens with zero attached hydrogens (tertiary/aromatic N) is 2. The van der Waals surface area contributed by atoms with Crippen LogP contribution in [0.15, 0.2) is 23.3 Å². The lowest BCUT2D eigenvalue weighted by atomic mass is 10.1. The van der Waals surface area contributed by atoms with Crippen LogP contribution in [-0.4, -0.2) is 34.0 Å². The summed E-state index contributed by atoms with van der Waals surface area (Å²) >= 11 is 0. The van der Waals surface area contributed by atoms with Crippen molar-refractivity contribution in [2.24, 2.45) is 5.10 Å². The summed E-state index contributed by atoms with van der Waals surface area (Å²) < 4.78 is 5.30. The topological polar surface area (TPSA) is 99.6 Å². The van der Waals surface area contributed by atoms with Crippen molar-refractivity contribution in [1.29, 1.82) is 0 Å². The van der Waals surface area contributed by atoms with Crippen molar-refractivity contribution in [3.63, 3.8) is 0 Å². The molecule has 7 heteroatoms. The van der Waals surface area contributed by atoms with Gasteiger partial charge in [-0.15, -0.1) is 0 Å². The van der Waals surface area contributed by atoms with Gasteiger partial charge in [0, 0.05) is 12.1 Å². The van der Waals surface area contributed by atoms with Gasteiger partial charge in [0.15, 0.2) is 11.5 Å². The zero-order valence-corrected chi connectivity index (χ0v) is 14.1. The first kappa shape index (κ1) is 17.5. The van der Waals surface area contributed by atoms with Gasteiger partial charge in [0.05, 0.1) is 18.5 Å². The molecule has 0 aliphatic rings. The van der Waals surface area contributed by atoms with Gasteiger partial charge >= 0.3 is 0 Å². The van der Waals surface area contributed by atoms with Gasteiger partial charge in [-0.25, -0.2) is 5.43 Å². The average Bonchev–Trinajstić information content (AvgIpc) is 2.87. The highest BCUT2D eigenvalue weighted by Gasteiger charge is 2.08. The van der Waals surface area contributed by atoms with Crippen LogP contribution in [0.4, 0.5) is 0 Å². The van der Waals surface area contributed by atoms with Crippen molar-refractivity contribution in [2.45, 2.75) is 33.6 Å². The van der Waals surface area contributed by atoms with Crippen LogP contribution in [0.3, 0.4) is 0 Å². The largest absolute Gasteiger partial charge is 0.504 e. The maximum absolute atomic E-state index is 11.9. The third-order valence-corrected chi connectivity index (χ3v) is 3.57. The molecule has 2 rings (SSSR count). The van der Waals surface area contributed by atoms with Crippen molar-refractivity contribution in [3.8, 4) is 11.5 Å². The molecule has 7 nitrogen and oxygen atoms in total. The molecule has 1 amide bonds. The number of aryl methyl sites for hydroxylation is 2. The molecule has 0 bridgehead atoms. The number of aromatic nitrogens is 2. The normalized spacial score (nSPS) is 11.0. The number of phenols is 1. The number of phenolic OH excluding ortho intramolecular Hbond substituents is 1. The molecular formula is C17H22N4O3. The molecule has 0 spiro atoms. The van der Waals surface area contributed by atoms with E-state index in [0.717, 1.165) is 22.5 Å². The molecular weight excluding hydrogens is 308 g/mol. The Morgan fingerprint density at radius 2 is 2.25 bits per heavy atom. The van der Waals surface area contributed by atoms with Crippen molar-refractivity contribution >= 4 is 12.1 Å². The molecule has 0 aliphatic heterocycles. The molecule has 0 fully saturated rings. The zero-order chi connectivity index (χ0) is 17.5. The van der Waals surface area contributed by atoms with Gasteiger partial charge in [-0.2, -0.15) is 10.2 Å². The van der Waals surface area contributed by atoms with E-state index in [2.05, 4.69) is 20.7 Å². The first-order valence-corrected chi connectivity index (χ1v) is 7.79. The van der Waals surface area contributed by atoms with E-state index in [1.807, 2.05) is 20.8 Å². The standard InChI is InChI=1S/C17H22N4O3/c1-4-24-16-9-13(5-7-15(16)22)10-18-21-17(23)8-6-14-11(2)19-20-12(14)3/h5,7,9-10,22H,4,6,8H2,1-3H3,(H,19,20)(H,21,23). The van der Waals surface area contributed by atoms with Crippen LogP contribution in [0.25, 0.3) is 0 Å². The number of amides is 1. The molecule has 3 N–H and O–H groups in total. The summed E-state index contributed by atoms with van der Waals surface area (Å²) in [5, 5.41) is 20.6. The molecule has 128 valence electrons. The van der Waals surface area contributed by atoms with E-state index in [4.69, 9.17) is 4.74 Å². The number of hydrazone groups is 1. The number of H-pyrrole nitrogens is 1. The fraction of sp³-hybridized carbons (Fsp3) is 0.353. The summed E-state index contributed by atoms with van der Waals surface area (Å²) in [6.45, 7) is 6.14. The van der Waals surface area contributed by atoms with Crippen LogP contribution >= 0.6 is 0 Å². The Balaban J connectivity index is 1.87. The maximum atomic E-state index is 11.9. The van der Waals surface area contributed by atoms with Crippen LogP contribution in [0.1, 0.15) is 35.9 Å². The molecule has 0 atom stereocenters. The van der Waals surface area contributed by atoms with E-state index >= 15 is 0 Å². The smallest absolute Gasteiger partial charge is 0.240 e. The molecule has 1 heterocycles. The minimum Gasteiger partial charge on any atom is -0.504 e. The fourth-order valence-corrected chi connectivity index (χ4v) is 2.30. The number of carbonyl (C=O) groups excluding carboxylic acids is 1. The molecule has 0 saturated heterocycles. The van der Waals surface area contributed by atoms with Crippen LogP contribution in [0.2, 0.25) is 0 Å². The maximum Gasteiger partial charge on any atom is 0.240 e. The van der Waals surface area contributed by atoms with Gasteiger partial charge in [0.25, 0.3) is 0 Å². The second kappa shape index (κ2) is 8.14. The Morgan fingerprint density at radius 1 is 1.46 bits per heavy atom. The average molecular weight is 330 g/mol. The zero-order valence-electron chi connectivity index (χ0n) is 14.1. The first-order chi connectivity index (χ1) is 11.5. The number of nitrogens with one attached hydrogen (secondary N) is 2. The number of carbonyl (C=O) groups is 1. The lowest BCUT2D eigenvalue weighted by Crippen LogP contribution is -2.18. The molecule has 0 aliphatic carbocycles. The highest BCUT2D eigenvalue weighted by molar-refractivity contribution is 5.83. The number of rotatable bonds is 7. The predicted octanol–water partition coefficient (Wildman–Crippen LogP) is 2.21. The Hall–Kier alpha value is -2.83. The predicted molar refractivity (Wildman–Crippen MR) is 91.4 cm³/mol. The Bertz CT molecular complexity index is 718. The minimum atomic E-state index is -0.171. The third-order valence-electron chi connectivity index (χ3n) is 3.57. The van der Waals surface area contributed by atoms with Crippen LogP contribution in [0.5, 0.6) is 11.5 Å². The quantitative estimate of drug-likeness (QED) is 0.535. The summed E-state index contributed by atoms with van der Waals surface area (Å²) in [5.41, 5.74) is 6.18. The molecule has 24 heavy (non-hydrogen) atoms. The van der Waals surface area contributed by atoms with E-state index in [1.54, 1.807) is 12.1 Å². The van der Waals surface area contributed by atoms with Gasteiger partial charge in [0.1, 0.15) is 0 Å². The Labute approximate surface area is 140 Å². The minimum absolute atomic E-state index is 0.0730. The Morgan fingerprint density at radius 3 is 2.92 bits per heavy atom. The van der Waals surface area contributed by atoms with Crippen LogP contribution in [0, 0.1) is 13.8 Å². The van der Waals surface area contributed by atoms with Crippen molar-refractivity contribution in [2.75, 3.05) is 6.61 Å². The lowest BCUT2D eigenvalue weighted by Gasteiger charge is -2.06. The van der Waals surface area contributed by atoms with E-state index < -0.39 is 0 Å². The second-order valence-corrected chi connectivity index (χ2v) is 5.37. The number of aromatic hydroxyl groups is 1. The van der Waals surface area contributed by atoms with Gasteiger partial charge in [0.2, 0.25) is 5.91 Å². The summed E-state index contributed by atoms with van der Waals surface area (Å²) in [4.78, 5) is 11.9. The van der Waals surface area contributed by atoms with Gasteiger partial charge in [-0.3, -0.25) is 9.89 Å².